The number of amides is 1. The molecule has 0 saturated carbocycles. The monoisotopic (exact) mass is 312 g/mol. The van der Waals surface area contributed by atoms with Gasteiger partial charge >= 0.3 is 5.97 Å². The summed E-state index contributed by atoms with van der Waals surface area (Å²) in [5, 5.41) is 11.8. The maximum absolute atomic E-state index is 13.2. The Labute approximate surface area is 125 Å². The summed E-state index contributed by atoms with van der Waals surface area (Å²) in [5.74, 6) is -1.81. The van der Waals surface area contributed by atoms with Crippen molar-refractivity contribution in [2.45, 2.75) is 25.8 Å². The lowest BCUT2D eigenvalue weighted by Gasteiger charge is -2.12. The zero-order valence-corrected chi connectivity index (χ0v) is 12.0. The number of benzene rings is 1. The van der Waals surface area contributed by atoms with Crippen molar-refractivity contribution in [3.63, 3.8) is 0 Å². The standard InChI is InChI=1S/C14H14ClFN2O3/c1-7(2-5-11(19)20)17-14(21)13-12(15)9-6-8(16)3-4-10(9)18-13/h3-4,6-7,18H,2,5H2,1H3,(H,17,21)(H,19,20). The van der Waals surface area contributed by atoms with Gasteiger partial charge in [-0.15, -0.1) is 0 Å². The van der Waals surface area contributed by atoms with Gasteiger partial charge in [0, 0.05) is 23.4 Å². The molecule has 1 aromatic carbocycles. The number of halogens is 2. The molecule has 0 aliphatic rings. The summed E-state index contributed by atoms with van der Waals surface area (Å²) in [6.07, 6.45) is 0.278. The highest BCUT2D eigenvalue weighted by molar-refractivity contribution is 6.38. The van der Waals surface area contributed by atoms with E-state index in [9.17, 15) is 14.0 Å². The summed E-state index contributed by atoms with van der Waals surface area (Å²) in [7, 11) is 0. The van der Waals surface area contributed by atoms with Crippen LogP contribution in [0, 0.1) is 5.82 Å². The minimum atomic E-state index is -0.921. The molecule has 2 rings (SSSR count). The number of aromatic amines is 1. The molecule has 0 aliphatic heterocycles. The lowest BCUT2D eigenvalue weighted by atomic mass is 10.2. The Morgan fingerprint density at radius 3 is 2.86 bits per heavy atom. The van der Waals surface area contributed by atoms with Crippen LogP contribution in [-0.2, 0) is 4.79 Å². The fourth-order valence-electron chi connectivity index (χ4n) is 2.00. The molecule has 0 fully saturated rings. The first-order valence-electron chi connectivity index (χ1n) is 6.38. The van der Waals surface area contributed by atoms with Crippen molar-refractivity contribution < 1.29 is 19.1 Å². The molecule has 0 saturated heterocycles. The number of hydrogen-bond donors (Lipinski definition) is 3. The van der Waals surface area contributed by atoms with Crippen LogP contribution in [0.1, 0.15) is 30.3 Å². The molecule has 1 amide bonds. The van der Waals surface area contributed by atoms with Gasteiger partial charge in [0.15, 0.2) is 0 Å². The molecule has 3 N–H and O–H groups in total. The first kappa shape index (κ1) is 15.3. The maximum Gasteiger partial charge on any atom is 0.303 e. The van der Waals surface area contributed by atoms with Crippen molar-refractivity contribution in [3.05, 3.63) is 34.7 Å². The zero-order valence-electron chi connectivity index (χ0n) is 11.2. The number of carbonyl (C=O) groups excluding carboxylic acids is 1. The molecule has 1 heterocycles. The van der Waals surface area contributed by atoms with Gasteiger partial charge in [-0.2, -0.15) is 0 Å². The molecule has 0 spiro atoms. The second-order valence-corrected chi connectivity index (χ2v) is 5.19. The maximum atomic E-state index is 13.2. The number of aromatic nitrogens is 1. The number of nitrogens with one attached hydrogen (secondary N) is 2. The Balaban J connectivity index is 2.16. The smallest absolute Gasteiger partial charge is 0.303 e. The van der Waals surface area contributed by atoms with Crippen molar-refractivity contribution in [2.24, 2.45) is 0 Å². The second-order valence-electron chi connectivity index (χ2n) is 4.81. The van der Waals surface area contributed by atoms with Gasteiger partial charge in [-0.3, -0.25) is 9.59 Å². The van der Waals surface area contributed by atoms with Crippen LogP contribution in [0.15, 0.2) is 18.2 Å². The van der Waals surface area contributed by atoms with Gasteiger partial charge in [0.2, 0.25) is 0 Å². The largest absolute Gasteiger partial charge is 0.481 e. The average molecular weight is 313 g/mol. The van der Waals surface area contributed by atoms with Crippen LogP contribution >= 0.6 is 11.6 Å². The molecule has 7 heteroatoms. The van der Waals surface area contributed by atoms with Crippen molar-refractivity contribution in [3.8, 4) is 0 Å². The van der Waals surface area contributed by atoms with Gasteiger partial charge in [0.25, 0.3) is 5.91 Å². The quantitative estimate of drug-likeness (QED) is 0.794. The Kier molecular flexibility index (Phi) is 4.47. The van der Waals surface area contributed by atoms with Gasteiger partial charge < -0.3 is 15.4 Å². The lowest BCUT2D eigenvalue weighted by molar-refractivity contribution is -0.137. The van der Waals surface area contributed by atoms with Crippen molar-refractivity contribution >= 4 is 34.4 Å². The number of carboxylic acids is 1. The summed E-state index contributed by atoms with van der Waals surface area (Å²) in [6, 6.07) is 3.71. The first-order chi connectivity index (χ1) is 9.88. The normalized spacial score (nSPS) is 12.3. The average Bonchev–Trinajstić information content (AvgIpc) is 2.74. The summed E-state index contributed by atoms with van der Waals surface area (Å²) in [5.41, 5.74) is 0.698. The summed E-state index contributed by atoms with van der Waals surface area (Å²) in [6.45, 7) is 1.71. The molecule has 1 aromatic heterocycles. The predicted octanol–water partition coefficient (Wildman–Crippen LogP) is 2.94. The molecule has 112 valence electrons. The lowest BCUT2D eigenvalue weighted by Crippen LogP contribution is -2.33. The van der Waals surface area contributed by atoms with Crippen molar-refractivity contribution in [1.82, 2.24) is 10.3 Å². The van der Waals surface area contributed by atoms with Gasteiger partial charge in [0.1, 0.15) is 11.5 Å². The topological polar surface area (TPSA) is 82.2 Å². The van der Waals surface area contributed by atoms with E-state index in [-0.39, 0.29) is 23.2 Å². The van der Waals surface area contributed by atoms with E-state index in [4.69, 9.17) is 16.7 Å². The van der Waals surface area contributed by atoms with E-state index in [0.29, 0.717) is 17.3 Å². The van der Waals surface area contributed by atoms with Gasteiger partial charge in [0.05, 0.1) is 5.02 Å². The number of hydrogen-bond acceptors (Lipinski definition) is 2. The number of rotatable bonds is 5. The van der Waals surface area contributed by atoms with E-state index < -0.39 is 17.7 Å². The fourth-order valence-corrected chi connectivity index (χ4v) is 2.29. The second kappa shape index (κ2) is 6.13. The number of H-pyrrole nitrogens is 1. The van der Waals surface area contributed by atoms with Gasteiger partial charge in [-0.1, -0.05) is 11.6 Å². The van der Waals surface area contributed by atoms with Crippen LogP contribution in [0.3, 0.4) is 0 Å². The molecule has 0 radical (unpaired) electrons. The zero-order chi connectivity index (χ0) is 15.6. The summed E-state index contributed by atoms with van der Waals surface area (Å²) < 4.78 is 13.2. The number of fused-ring (bicyclic) bond motifs is 1. The molecule has 0 bridgehead atoms. The predicted molar refractivity (Wildman–Crippen MR) is 77.1 cm³/mol. The van der Waals surface area contributed by atoms with E-state index in [1.54, 1.807) is 6.92 Å². The van der Waals surface area contributed by atoms with Crippen LogP contribution in [0.25, 0.3) is 10.9 Å². The third-order valence-electron chi connectivity index (χ3n) is 3.09. The fraction of sp³-hybridized carbons (Fsp3) is 0.286. The molecule has 0 aliphatic carbocycles. The third kappa shape index (κ3) is 3.52. The molecular weight excluding hydrogens is 299 g/mol. The van der Waals surface area contributed by atoms with Crippen LogP contribution in [0.4, 0.5) is 4.39 Å². The number of aliphatic carboxylic acids is 1. The first-order valence-corrected chi connectivity index (χ1v) is 6.75. The van der Waals surface area contributed by atoms with Crippen molar-refractivity contribution in [1.29, 1.82) is 0 Å². The van der Waals surface area contributed by atoms with Gasteiger partial charge in [-0.05, 0) is 31.5 Å². The molecule has 1 atom stereocenters. The highest BCUT2D eigenvalue weighted by atomic mass is 35.5. The summed E-state index contributed by atoms with van der Waals surface area (Å²) in [4.78, 5) is 25.4. The van der Waals surface area contributed by atoms with Crippen LogP contribution in [0.5, 0.6) is 0 Å². The van der Waals surface area contributed by atoms with Crippen LogP contribution in [-0.4, -0.2) is 28.0 Å². The highest BCUT2D eigenvalue weighted by Gasteiger charge is 2.18. The van der Waals surface area contributed by atoms with Crippen LogP contribution < -0.4 is 5.32 Å². The van der Waals surface area contributed by atoms with E-state index >= 15 is 0 Å². The Hall–Kier alpha value is -2.08. The van der Waals surface area contributed by atoms with Crippen LogP contribution in [0.2, 0.25) is 5.02 Å². The molecule has 21 heavy (non-hydrogen) atoms. The van der Waals surface area contributed by atoms with Gasteiger partial charge in [-0.25, -0.2) is 4.39 Å². The molecule has 1 unspecified atom stereocenters. The minimum Gasteiger partial charge on any atom is -0.481 e. The molecule has 5 nitrogen and oxygen atoms in total. The number of carbonyl (C=O) groups is 2. The minimum absolute atomic E-state index is 0.0346. The van der Waals surface area contributed by atoms with E-state index in [1.807, 2.05) is 0 Å². The van der Waals surface area contributed by atoms with E-state index in [2.05, 4.69) is 10.3 Å². The van der Waals surface area contributed by atoms with E-state index in [1.165, 1.54) is 18.2 Å². The SMILES string of the molecule is CC(CCC(=O)O)NC(=O)c1[nH]c2ccc(F)cc2c1Cl. The highest BCUT2D eigenvalue weighted by Crippen LogP contribution is 2.28. The third-order valence-corrected chi connectivity index (χ3v) is 3.49. The Bertz CT molecular complexity index is 699. The van der Waals surface area contributed by atoms with Crippen molar-refractivity contribution in [2.75, 3.05) is 0 Å². The molecule has 2 aromatic rings. The summed E-state index contributed by atoms with van der Waals surface area (Å²) >= 11 is 6.08. The number of carboxylic acid groups (broad SMARTS) is 1. The molecular formula is C14H14ClFN2O3. The Morgan fingerprint density at radius 2 is 2.19 bits per heavy atom. The van der Waals surface area contributed by atoms with E-state index in [0.717, 1.165) is 0 Å². The Morgan fingerprint density at radius 1 is 1.48 bits per heavy atom.